The predicted molar refractivity (Wildman–Crippen MR) is 69.5 cm³/mol. The molecule has 0 aliphatic heterocycles. The summed E-state index contributed by atoms with van der Waals surface area (Å²) in [5.74, 6) is 0.335. The highest BCUT2D eigenvalue weighted by Crippen LogP contribution is 2.38. The summed E-state index contributed by atoms with van der Waals surface area (Å²) in [6.07, 6.45) is -4.42. The Kier molecular flexibility index (Phi) is 3.54. The van der Waals surface area contributed by atoms with Crippen molar-refractivity contribution in [3.8, 4) is 17.3 Å². The molecule has 0 aliphatic rings. The maximum absolute atomic E-state index is 12.9. The number of furan rings is 1. The van der Waals surface area contributed by atoms with Gasteiger partial charge in [-0.1, -0.05) is 18.2 Å². The number of alkyl halides is 3. The van der Waals surface area contributed by atoms with Crippen LogP contribution in [-0.2, 0) is 6.18 Å². The number of ether oxygens (including phenoxy) is 1. The van der Waals surface area contributed by atoms with E-state index < -0.39 is 17.3 Å². The Bertz CT molecular complexity index is 592. The highest BCUT2D eigenvalue weighted by Gasteiger charge is 2.34. The second-order valence-electron chi connectivity index (χ2n) is 5.38. The molecule has 0 spiro atoms. The molecule has 0 radical (unpaired) electrons. The van der Waals surface area contributed by atoms with Gasteiger partial charge in [0.25, 0.3) is 5.95 Å². The Balaban J connectivity index is 2.38. The lowest BCUT2D eigenvalue weighted by Crippen LogP contribution is -2.22. The van der Waals surface area contributed by atoms with Gasteiger partial charge in [-0.05, 0) is 32.9 Å². The molecule has 0 saturated heterocycles. The molecule has 108 valence electrons. The fourth-order valence-electron chi connectivity index (χ4n) is 1.77. The van der Waals surface area contributed by atoms with Gasteiger partial charge in [0.15, 0.2) is 0 Å². The van der Waals surface area contributed by atoms with Gasteiger partial charge in [-0.25, -0.2) is 0 Å². The standard InChI is InChI=1S/C15H15F3O2/c1-14(2,3)20-13-9-8-12(19-13)10-6-4-5-7-11(10)15(16,17)18/h4-9H,1-3H3. The molecule has 1 aromatic carbocycles. The lowest BCUT2D eigenvalue weighted by atomic mass is 10.1. The van der Waals surface area contributed by atoms with Gasteiger partial charge in [-0.3, -0.25) is 0 Å². The summed E-state index contributed by atoms with van der Waals surface area (Å²) < 4.78 is 49.7. The SMILES string of the molecule is CC(C)(C)Oc1ccc(-c2ccccc2C(F)(F)F)o1. The molecule has 0 unspecified atom stereocenters. The van der Waals surface area contributed by atoms with E-state index in [0.717, 1.165) is 6.07 Å². The van der Waals surface area contributed by atoms with Gasteiger partial charge in [0.05, 0.1) is 5.56 Å². The fourth-order valence-corrected chi connectivity index (χ4v) is 1.77. The number of benzene rings is 1. The average Bonchev–Trinajstić information content (AvgIpc) is 2.74. The van der Waals surface area contributed by atoms with Crippen LogP contribution >= 0.6 is 0 Å². The van der Waals surface area contributed by atoms with Crippen molar-refractivity contribution in [3.63, 3.8) is 0 Å². The van der Waals surface area contributed by atoms with Crippen molar-refractivity contribution in [3.05, 3.63) is 42.0 Å². The van der Waals surface area contributed by atoms with E-state index in [2.05, 4.69) is 0 Å². The Labute approximate surface area is 115 Å². The van der Waals surface area contributed by atoms with Crippen LogP contribution in [-0.4, -0.2) is 5.60 Å². The van der Waals surface area contributed by atoms with E-state index in [1.165, 1.54) is 30.3 Å². The Hall–Kier alpha value is -1.91. The highest BCUT2D eigenvalue weighted by molar-refractivity contribution is 5.63. The van der Waals surface area contributed by atoms with Gasteiger partial charge >= 0.3 is 6.18 Å². The average molecular weight is 284 g/mol. The second-order valence-corrected chi connectivity index (χ2v) is 5.38. The van der Waals surface area contributed by atoms with Gasteiger partial charge in [-0.15, -0.1) is 0 Å². The molecule has 2 aromatic rings. The summed E-state index contributed by atoms with van der Waals surface area (Å²) in [4.78, 5) is 0. The van der Waals surface area contributed by atoms with Crippen LogP contribution in [0.2, 0.25) is 0 Å². The van der Waals surface area contributed by atoms with Crippen molar-refractivity contribution in [1.29, 1.82) is 0 Å². The van der Waals surface area contributed by atoms with E-state index in [4.69, 9.17) is 9.15 Å². The first kappa shape index (κ1) is 14.5. The van der Waals surface area contributed by atoms with Crippen LogP contribution in [0.1, 0.15) is 26.3 Å². The third-order valence-electron chi connectivity index (χ3n) is 2.49. The summed E-state index contributed by atoms with van der Waals surface area (Å²) in [5.41, 5.74) is -1.20. The van der Waals surface area contributed by atoms with Crippen LogP contribution in [0.4, 0.5) is 13.2 Å². The summed E-state index contributed by atoms with van der Waals surface area (Å²) >= 11 is 0. The molecular formula is C15H15F3O2. The Morgan fingerprint density at radius 1 is 0.950 bits per heavy atom. The van der Waals surface area contributed by atoms with Gasteiger partial charge in [0.2, 0.25) is 0 Å². The molecule has 0 fully saturated rings. The van der Waals surface area contributed by atoms with Crippen molar-refractivity contribution >= 4 is 0 Å². The minimum absolute atomic E-state index is 0.00348. The lowest BCUT2D eigenvalue weighted by molar-refractivity contribution is -0.137. The molecule has 0 amide bonds. The van der Waals surface area contributed by atoms with Crippen molar-refractivity contribution in [2.24, 2.45) is 0 Å². The molecule has 0 atom stereocenters. The highest BCUT2D eigenvalue weighted by atomic mass is 19.4. The van der Waals surface area contributed by atoms with Gasteiger partial charge in [0.1, 0.15) is 11.4 Å². The third kappa shape index (κ3) is 3.35. The minimum Gasteiger partial charge on any atom is -0.459 e. The van der Waals surface area contributed by atoms with Crippen molar-refractivity contribution in [2.75, 3.05) is 0 Å². The molecule has 0 saturated carbocycles. The monoisotopic (exact) mass is 284 g/mol. The lowest BCUT2D eigenvalue weighted by Gasteiger charge is -2.18. The summed E-state index contributed by atoms with van der Waals surface area (Å²) in [5, 5.41) is 0. The van der Waals surface area contributed by atoms with Gasteiger partial charge < -0.3 is 9.15 Å². The normalized spacial score (nSPS) is 12.5. The van der Waals surface area contributed by atoms with Gasteiger partial charge in [0, 0.05) is 11.6 Å². The van der Waals surface area contributed by atoms with E-state index in [-0.39, 0.29) is 17.3 Å². The smallest absolute Gasteiger partial charge is 0.417 e. The summed E-state index contributed by atoms with van der Waals surface area (Å²) in [6, 6.07) is 8.29. The Morgan fingerprint density at radius 2 is 1.60 bits per heavy atom. The maximum Gasteiger partial charge on any atom is 0.417 e. The zero-order chi connectivity index (χ0) is 15.0. The van der Waals surface area contributed by atoms with Crippen LogP contribution in [0.3, 0.4) is 0 Å². The van der Waals surface area contributed by atoms with E-state index in [1.807, 2.05) is 20.8 Å². The van der Waals surface area contributed by atoms with E-state index in [1.54, 1.807) is 0 Å². The predicted octanol–water partition coefficient (Wildman–Crippen LogP) is 5.14. The second kappa shape index (κ2) is 4.89. The van der Waals surface area contributed by atoms with E-state index in [9.17, 15) is 13.2 Å². The van der Waals surface area contributed by atoms with Crippen molar-refractivity contribution in [2.45, 2.75) is 32.5 Å². The molecular weight excluding hydrogens is 269 g/mol. The van der Waals surface area contributed by atoms with Crippen LogP contribution < -0.4 is 4.74 Å². The quantitative estimate of drug-likeness (QED) is 0.761. The summed E-state index contributed by atoms with van der Waals surface area (Å²) in [7, 11) is 0. The zero-order valence-corrected chi connectivity index (χ0v) is 11.4. The molecule has 0 bridgehead atoms. The number of hydrogen-bond donors (Lipinski definition) is 0. The van der Waals surface area contributed by atoms with Crippen LogP contribution in [0, 0.1) is 0 Å². The molecule has 0 N–H and O–H groups in total. The van der Waals surface area contributed by atoms with Crippen molar-refractivity contribution in [1.82, 2.24) is 0 Å². The first-order chi connectivity index (χ1) is 9.17. The van der Waals surface area contributed by atoms with Gasteiger partial charge in [-0.2, -0.15) is 13.2 Å². The number of hydrogen-bond acceptors (Lipinski definition) is 2. The summed E-state index contributed by atoms with van der Waals surface area (Å²) in [6.45, 7) is 5.50. The number of halogens is 3. The maximum atomic E-state index is 12.9. The van der Waals surface area contributed by atoms with E-state index in [0.29, 0.717) is 0 Å². The minimum atomic E-state index is -4.42. The molecule has 5 heteroatoms. The molecule has 2 rings (SSSR count). The third-order valence-corrected chi connectivity index (χ3v) is 2.49. The molecule has 2 nitrogen and oxygen atoms in total. The zero-order valence-electron chi connectivity index (χ0n) is 11.4. The molecule has 1 aromatic heterocycles. The molecule has 1 heterocycles. The van der Waals surface area contributed by atoms with Crippen molar-refractivity contribution < 1.29 is 22.3 Å². The van der Waals surface area contributed by atoms with E-state index >= 15 is 0 Å². The van der Waals surface area contributed by atoms with Crippen LogP contribution in [0.25, 0.3) is 11.3 Å². The Morgan fingerprint density at radius 3 is 2.20 bits per heavy atom. The number of rotatable bonds is 2. The first-order valence-corrected chi connectivity index (χ1v) is 6.12. The first-order valence-electron chi connectivity index (χ1n) is 6.12. The van der Waals surface area contributed by atoms with Crippen LogP contribution in [0.15, 0.2) is 40.8 Å². The topological polar surface area (TPSA) is 22.4 Å². The fraction of sp³-hybridized carbons (Fsp3) is 0.333. The largest absolute Gasteiger partial charge is 0.459 e. The molecule has 0 aliphatic carbocycles. The molecule has 20 heavy (non-hydrogen) atoms. The van der Waals surface area contributed by atoms with Crippen LogP contribution in [0.5, 0.6) is 5.95 Å².